The quantitative estimate of drug-likeness (QED) is 0.322. The second kappa shape index (κ2) is 8.96. The molecule has 34 heavy (non-hydrogen) atoms. The second-order valence-corrected chi connectivity index (χ2v) is 10.1. The minimum atomic E-state index is -5.01. The lowest BCUT2D eigenvalue weighted by atomic mass is 9.90. The van der Waals surface area contributed by atoms with Crippen molar-refractivity contribution in [3.8, 4) is 11.1 Å². The van der Waals surface area contributed by atoms with Gasteiger partial charge in [-0.1, -0.05) is 65.1 Å². The van der Waals surface area contributed by atoms with E-state index in [1.807, 2.05) is 0 Å². The lowest BCUT2D eigenvalue weighted by Gasteiger charge is -2.29. The molecule has 0 bridgehead atoms. The first kappa shape index (κ1) is 24.7. The number of halogens is 6. The van der Waals surface area contributed by atoms with Gasteiger partial charge in [0.15, 0.2) is 0 Å². The summed E-state index contributed by atoms with van der Waals surface area (Å²) in [7, 11) is -4.62. The van der Waals surface area contributed by atoms with Gasteiger partial charge in [0.2, 0.25) is 0 Å². The normalized spacial score (nSPS) is 18.4. The Morgan fingerprint density at radius 2 is 1.56 bits per heavy atom. The molecular formula is C22H13Cl3F3NO4S. The Morgan fingerprint density at radius 1 is 0.912 bits per heavy atom. The van der Waals surface area contributed by atoms with Crippen molar-refractivity contribution in [1.29, 1.82) is 0 Å². The van der Waals surface area contributed by atoms with Crippen molar-refractivity contribution in [3.05, 3.63) is 87.4 Å². The maximum absolute atomic E-state index is 14.1. The van der Waals surface area contributed by atoms with E-state index in [0.29, 0.717) is 5.56 Å². The highest BCUT2D eigenvalue weighted by atomic mass is 35.5. The molecule has 0 saturated carbocycles. The summed E-state index contributed by atoms with van der Waals surface area (Å²) in [6, 6.07) is 15.6. The van der Waals surface area contributed by atoms with Gasteiger partial charge in [0.25, 0.3) is 11.5 Å². The highest BCUT2D eigenvalue weighted by Crippen LogP contribution is 2.49. The maximum Gasteiger partial charge on any atom is 0.435 e. The molecule has 0 amide bonds. The van der Waals surface area contributed by atoms with Gasteiger partial charge in [0.05, 0.1) is 6.42 Å². The van der Waals surface area contributed by atoms with Crippen molar-refractivity contribution in [2.75, 3.05) is 0 Å². The molecule has 1 unspecified atom stereocenters. The standard InChI is InChI=1S/C22H13Cl3F3NO4S/c23-15-6-7-19(18(11-15)13-4-2-1-3-5-13)34(30,31)32-20-12-21(33-29-20,22(26,27)28)14-8-16(24)10-17(25)9-14/h1-11H,12H2. The molecule has 1 atom stereocenters. The fourth-order valence-electron chi connectivity index (χ4n) is 3.44. The Kier molecular flexibility index (Phi) is 6.50. The summed E-state index contributed by atoms with van der Waals surface area (Å²) in [6.07, 6.45) is -6.06. The zero-order valence-electron chi connectivity index (χ0n) is 16.8. The smallest absolute Gasteiger partial charge is 0.371 e. The molecule has 0 aromatic heterocycles. The third-order valence-corrected chi connectivity index (χ3v) is 6.97. The fourth-order valence-corrected chi connectivity index (χ4v) is 5.25. The molecule has 0 aliphatic carbocycles. The molecule has 178 valence electrons. The minimum Gasteiger partial charge on any atom is -0.371 e. The van der Waals surface area contributed by atoms with Gasteiger partial charge in [0.1, 0.15) is 4.90 Å². The van der Waals surface area contributed by atoms with Gasteiger partial charge >= 0.3 is 16.3 Å². The Bertz CT molecular complexity index is 1360. The molecule has 12 heteroatoms. The number of hydrogen-bond donors (Lipinski definition) is 0. The molecule has 0 saturated heterocycles. The topological polar surface area (TPSA) is 65.0 Å². The maximum atomic E-state index is 14.1. The summed E-state index contributed by atoms with van der Waals surface area (Å²) in [4.78, 5) is 4.46. The minimum absolute atomic E-state index is 0.0645. The fraction of sp³-hybridized carbons (Fsp3) is 0.136. The van der Waals surface area contributed by atoms with Crippen molar-refractivity contribution in [2.45, 2.75) is 23.1 Å². The molecule has 1 aliphatic heterocycles. The van der Waals surface area contributed by atoms with Crippen molar-refractivity contribution in [3.63, 3.8) is 0 Å². The summed E-state index contributed by atoms with van der Waals surface area (Å²) in [5, 5.41) is 3.43. The average molecular weight is 551 g/mol. The number of oxime groups is 1. The van der Waals surface area contributed by atoms with E-state index in [4.69, 9.17) is 43.8 Å². The van der Waals surface area contributed by atoms with E-state index in [0.717, 1.165) is 12.1 Å². The van der Waals surface area contributed by atoms with Crippen molar-refractivity contribution >= 4 is 50.8 Å². The van der Waals surface area contributed by atoms with E-state index >= 15 is 0 Å². The van der Waals surface area contributed by atoms with Crippen LogP contribution in [-0.2, 0) is 24.7 Å². The highest BCUT2D eigenvalue weighted by Gasteiger charge is 2.63. The number of rotatable bonds is 4. The number of hydrogen-bond acceptors (Lipinski definition) is 5. The molecule has 1 heterocycles. The molecule has 1 aliphatic rings. The number of benzene rings is 3. The zero-order valence-corrected chi connectivity index (χ0v) is 19.9. The van der Waals surface area contributed by atoms with Gasteiger partial charge in [-0.25, -0.2) is 0 Å². The van der Waals surface area contributed by atoms with Crippen molar-refractivity contribution < 1.29 is 30.6 Å². The molecule has 0 spiro atoms. The molecule has 5 nitrogen and oxygen atoms in total. The van der Waals surface area contributed by atoms with Crippen LogP contribution in [0.15, 0.2) is 76.8 Å². The summed E-state index contributed by atoms with van der Waals surface area (Å²) in [6.45, 7) is 0. The van der Waals surface area contributed by atoms with Crippen LogP contribution in [0.5, 0.6) is 0 Å². The van der Waals surface area contributed by atoms with Gasteiger partial charge in [0, 0.05) is 26.2 Å². The first-order chi connectivity index (χ1) is 15.9. The van der Waals surface area contributed by atoms with Crippen LogP contribution in [0.3, 0.4) is 0 Å². The van der Waals surface area contributed by atoms with Crippen LogP contribution in [-0.4, -0.2) is 20.5 Å². The van der Waals surface area contributed by atoms with E-state index in [1.165, 1.54) is 24.3 Å². The number of alkyl halides is 3. The highest BCUT2D eigenvalue weighted by molar-refractivity contribution is 7.87. The van der Waals surface area contributed by atoms with Gasteiger partial charge < -0.3 is 9.02 Å². The van der Waals surface area contributed by atoms with E-state index in [2.05, 4.69) is 5.16 Å². The second-order valence-electron chi connectivity index (χ2n) is 7.28. The molecule has 4 rings (SSSR count). The summed E-state index contributed by atoms with van der Waals surface area (Å²) in [5.41, 5.74) is -2.77. The van der Waals surface area contributed by atoms with Crippen LogP contribution < -0.4 is 0 Å². The van der Waals surface area contributed by atoms with Crippen LogP contribution in [0.4, 0.5) is 13.2 Å². The van der Waals surface area contributed by atoms with Gasteiger partial charge in [-0.3, -0.25) is 0 Å². The zero-order chi connectivity index (χ0) is 24.7. The first-order valence-electron chi connectivity index (χ1n) is 9.49. The van der Waals surface area contributed by atoms with Gasteiger partial charge in [-0.2, -0.15) is 21.6 Å². The largest absolute Gasteiger partial charge is 0.435 e. The van der Waals surface area contributed by atoms with Gasteiger partial charge in [-0.15, -0.1) is 0 Å². The summed E-state index contributed by atoms with van der Waals surface area (Å²) < 4.78 is 73.5. The molecule has 0 N–H and O–H groups in total. The molecule has 3 aromatic carbocycles. The Labute approximate surface area is 207 Å². The number of nitrogens with zero attached hydrogens (tertiary/aromatic N) is 1. The van der Waals surface area contributed by atoms with E-state index in [-0.39, 0.29) is 25.5 Å². The average Bonchev–Trinajstić information content (AvgIpc) is 3.18. The third-order valence-electron chi connectivity index (χ3n) is 4.99. The van der Waals surface area contributed by atoms with Gasteiger partial charge in [-0.05, 0) is 47.1 Å². The van der Waals surface area contributed by atoms with E-state index in [9.17, 15) is 21.6 Å². The van der Waals surface area contributed by atoms with Crippen LogP contribution in [0.2, 0.25) is 15.1 Å². The summed E-state index contributed by atoms with van der Waals surface area (Å²) in [5.74, 6) is -0.789. The lowest BCUT2D eigenvalue weighted by Crippen LogP contribution is -2.43. The first-order valence-corrected chi connectivity index (χ1v) is 12.0. The predicted octanol–water partition coefficient (Wildman–Crippen LogP) is 7.21. The molecular weight excluding hydrogens is 538 g/mol. The molecule has 0 fully saturated rings. The Balaban J connectivity index is 1.69. The predicted molar refractivity (Wildman–Crippen MR) is 122 cm³/mol. The summed E-state index contributed by atoms with van der Waals surface area (Å²) >= 11 is 17.8. The monoisotopic (exact) mass is 549 g/mol. The Morgan fingerprint density at radius 3 is 2.18 bits per heavy atom. The van der Waals surface area contributed by atoms with Crippen LogP contribution in [0.1, 0.15) is 12.0 Å². The van der Waals surface area contributed by atoms with Crippen molar-refractivity contribution in [2.24, 2.45) is 5.16 Å². The van der Waals surface area contributed by atoms with E-state index in [1.54, 1.807) is 30.3 Å². The molecule has 3 aromatic rings. The van der Waals surface area contributed by atoms with E-state index < -0.39 is 39.8 Å². The molecule has 0 radical (unpaired) electrons. The van der Waals surface area contributed by atoms with Crippen LogP contribution in [0, 0.1) is 0 Å². The lowest BCUT2D eigenvalue weighted by molar-refractivity contribution is -0.275. The SMILES string of the molecule is O=S(=O)(OC1=NOC(c2cc(Cl)cc(Cl)c2)(C(F)(F)F)C1)c1ccc(Cl)cc1-c1ccccc1. The van der Waals surface area contributed by atoms with Crippen LogP contribution >= 0.6 is 34.8 Å². The third kappa shape index (κ3) is 4.70. The van der Waals surface area contributed by atoms with Crippen LogP contribution in [0.25, 0.3) is 11.1 Å². The van der Waals surface area contributed by atoms with Crippen molar-refractivity contribution in [1.82, 2.24) is 0 Å². The Hall–Kier alpha value is -2.46.